The van der Waals surface area contributed by atoms with Gasteiger partial charge in [0, 0.05) is 0 Å². The van der Waals surface area contributed by atoms with Gasteiger partial charge in [-0.1, -0.05) is 36.4 Å². The van der Waals surface area contributed by atoms with Gasteiger partial charge < -0.3 is 4.74 Å². The highest BCUT2D eigenvalue weighted by molar-refractivity contribution is 7.87. The summed E-state index contributed by atoms with van der Waals surface area (Å²) in [6, 6.07) is 13.4. The molecule has 2 heterocycles. The summed E-state index contributed by atoms with van der Waals surface area (Å²) in [7, 11) is -9.94. The van der Waals surface area contributed by atoms with E-state index in [0.717, 1.165) is 24.3 Å². The smallest absolute Gasteiger partial charge is 0.420 e. The van der Waals surface area contributed by atoms with Gasteiger partial charge in [0.1, 0.15) is 22.6 Å². The summed E-state index contributed by atoms with van der Waals surface area (Å²) in [5, 5.41) is -0.962. The maximum atomic E-state index is 14.5. The van der Waals surface area contributed by atoms with Gasteiger partial charge in [0.2, 0.25) is 0 Å². The van der Waals surface area contributed by atoms with Crippen LogP contribution < -0.4 is 4.74 Å². The van der Waals surface area contributed by atoms with Gasteiger partial charge >= 0.3 is 32.6 Å². The van der Waals surface area contributed by atoms with E-state index >= 15 is 0 Å². The number of hydroxylamine groups is 4. The van der Waals surface area contributed by atoms with Crippen LogP contribution in [0, 0.1) is 0 Å². The number of amides is 4. The van der Waals surface area contributed by atoms with E-state index in [1.807, 2.05) is 0 Å². The number of rotatable bonds is 8. The number of carbonyl (C=O) groups excluding carboxylic acids is 4. The van der Waals surface area contributed by atoms with Crippen LogP contribution in [0.2, 0.25) is 0 Å². The van der Waals surface area contributed by atoms with Crippen LogP contribution in [0.25, 0.3) is 0 Å². The highest BCUT2D eigenvalue weighted by Crippen LogP contribution is 2.48. The molecular formula is C30H14F6N2O11S2. The van der Waals surface area contributed by atoms with Crippen molar-refractivity contribution in [1.82, 2.24) is 10.1 Å². The van der Waals surface area contributed by atoms with Crippen LogP contribution in [-0.2, 0) is 41.2 Å². The highest BCUT2D eigenvalue weighted by Gasteiger charge is 2.51. The number of alkyl halides is 6. The van der Waals surface area contributed by atoms with Crippen molar-refractivity contribution >= 4 is 43.9 Å². The Morgan fingerprint density at radius 2 is 0.804 bits per heavy atom. The Bertz CT molecular complexity index is 2220. The van der Waals surface area contributed by atoms with Gasteiger partial charge in [-0.2, -0.15) is 43.2 Å². The average molecular weight is 757 g/mol. The maximum absolute atomic E-state index is 14.5. The quantitative estimate of drug-likeness (QED) is 0.168. The number of hydrogen-bond donors (Lipinski definition) is 0. The average Bonchev–Trinajstić information content (AvgIpc) is 3.43. The number of carbonyl (C=O) groups is 4. The van der Waals surface area contributed by atoms with Crippen molar-refractivity contribution in [3.63, 3.8) is 0 Å². The predicted octanol–water partition coefficient (Wildman–Crippen LogP) is 5.35. The van der Waals surface area contributed by atoms with Gasteiger partial charge in [-0.3, -0.25) is 19.2 Å². The number of imide groups is 2. The molecule has 0 N–H and O–H groups in total. The van der Waals surface area contributed by atoms with Crippen molar-refractivity contribution < 1.29 is 75.7 Å². The first-order valence-electron chi connectivity index (χ1n) is 13.7. The monoisotopic (exact) mass is 756 g/mol. The third-order valence-corrected chi connectivity index (χ3v) is 9.55. The third kappa shape index (κ3) is 6.09. The van der Waals surface area contributed by atoms with Crippen LogP contribution >= 0.6 is 0 Å². The maximum Gasteiger partial charge on any atom is 0.420 e. The molecule has 0 aliphatic carbocycles. The highest BCUT2D eigenvalue weighted by atomic mass is 32.2. The Balaban J connectivity index is 1.41. The van der Waals surface area contributed by atoms with Crippen molar-refractivity contribution in [2.75, 3.05) is 0 Å². The van der Waals surface area contributed by atoms with E-state index in [-0.39, 0.29) is 0 Å². The number of ether oxygens (including phenoxy) is 1. The Morgan fingerprint density at radius 1 is 0.471 bits per heavy atom. The van der Waals surface area contributed by atoms with Crippen molar-refractivity contribution in [3.8, 4) is 11.5 Å². The summed E-state index contributed by atoms with van der Waals surface area (Å²) in [5.74, 6) is -10.3. The molecule has 4 aromatic carbocycles. The molecule has 0 spiro atoms. The van der Waals surface area contributed by atoms with Gasteiger partial charge in [-0.15, -0.1) is 18.7 Å². The zero-order valence-corrected chi connectivity index (χ0v) is 26.2. The summed E-state index contributed by atoms with van der Waals surface area (Å²) in [5.41, 5.74) is -9.45. The van der Waals surface area contributed by atoms with E-state index in [4.69, 9.17) is 4.74 Å². The molecule has 4 aromatic rings. The zero-order chi connectivity index (χ0) is 37.3. The fourth-order valence-corrected chi connectivity index (χ4v) is 6.83. The molecule has 0 radical (unpaired) electrons. The minimum atomic E-state index is -5.66. The molecule has 0 aromatic heterocycles. The minimum Gasteiger partial charge on any atom is -0.456 e. The van der Waals surface area contributed by atoms with Crippen molar-refractivity contribution in [1.29, 1.82) is 0 Å². The summed E-state index contributed by atoms with van der Waals surface area (Å²) in [6.07, 6.45) is -11.3. The molecule has 51 heavy (non-hydrogen) atoms. The lowest BCUT2D eigenvalue weighted by Gasteiger charge is -2.20. The van der Waals surface area contributed by atoms with Crippen molar-refractivity contribution in [2.45, 2.75) is 22.1 Å². The van der Waals surface area contributed by atoms with E-state index in [9.17, 15) is 62.4 Å². The first kappa shape index (κ1) is 35.2. The molecule has 264 valence electrons. The summed E-state index contributed by atoms with van der Waals surface area (Å²) >= 11 is 0. The van der Waals surface area contributed by atoms with E-state index in [1.165, 1.54) is 36.4 Å². The fourth-order valence-electron chi connectivity index (χ4n) is 5.02. The molecule has 0 saturated heterocycles. The number of nitrogens with zero attached hydrogens (tertiary/aromatic N) is 2. The predicted molar refractivity (Wildman–Crippen MR) is 153 cm³/mol. The molecule has 0 unspecified atom stereocenters. The van der Waals surface area contributed by atoms with Crippen LogP contribution in [0.5, 0.6) is 11.5 Å². The Labute approximate surface area is 281 Å². The number of fused-ring (bicyclic) bond motifs is 2. The Hall–Kier alpha value is -5.64. The minimum absolute atomic E-state index is 0.351. The van der Waals surface area contributed by atoms with Crippen molar-refractivity contribution in [3.05, 3.63) is 118 Å². The second-order valence-corrected chi connectivity index (χ2v) is 13.4. The third-order valence-electron chi connectivity index (χ3n) is 7.16. The van der Waals surface area contributed by atoms with Crippen molar-refractivity contribution in [2.24, 2.45) is 0 Å². The van der Waals surface area contributed by atoms with E-state index in [1.54, 1.807) is 0 Å². The van der Waals surface area contributed by atoms with Crippen LogP contribution in [0.4, 0.5) is 26.3 Å². The normalized spacial score (nSPS) is 15.0. The van der Waals surface area contributed by atoms with E-state index < -0.39 is 121 Å². The molecule has 2 aliphatic heterocycles. The first-order valence-corrected chi connectivity index (χ1v) is 16.5. The van der Waals surface area contributed by atoms with Gasteiger partial charge in [0.15, 0.2) is 0 Å². The molecule has 6 rings (SSSR count). The van der Waals surface area contributed by atoms with Gasteiger partial charge in [0.05, 0.1) is 32.0 Å². The number of hydrogen-bond acceptors (Lipinski definition) is 11. The van der Waals surface area contributed by atoms with E-state index in [0.29, 0.717) is 24.3 Å². The molecule has 0 saturated carbocycles. The molecule has 2 aliphatic rings. The van der Waals surface area contributed by atoms with Crippen LogP contribution in [0.15, 0.2) is 94.7 Å². The van der Waals surface area contributed by atoms with Gasteiger partial charge in [-0.25, -0.2) is 0 Å². The second kappa shape index (κ2) is 12.0. The Kier molecular flexibility index (Phi) is 8.28. The lowest BCUT2D eigenvalue weighted by molar-refractivity contribution is -0.140. The first-order chi connectivity index (χ1) is 23.7. The molecular weight excluding hydrogens is 742 g/mol. The lowest BCUT2D eigenvalue weighted by atomic mass is 9.99. The van der Waals surface area contributed by atoms with Crippen LogP contribution in [0.3, 0.4) is 0 Å². The summed E-state index contributed by atoms with van der Waals surface area (Å²) in [4.78, 5) is 50.9. The molecule has 21 heteroatoms. The van der Waals surface area contributed by atoms with Gasteiger partial charge in [-0.05, 0) is 48.5 Å². The number of halogens is 6. The standard InChI is InChI=1S/C30H14F6N2O11S2/c31-29(32,33)23-19(13-11-17-21(23)27(41)37(25(17)39)48-50(43,44)15-7-3-1-4-8-15)47-20-14-12-18-22(24(20)30(34,35)36)28(42)38(26(18)40)49-51(45,46)16-9-5-2-6-10-16/h1-14H. The summed E-state index contributed by atoms with van der Waals surface area (Å²) in [6.45, 7) is 0. The van der Waals surface area contributed by atoms with E-state index in [2.05, 4.69) is 8.57 Å². The Morgan fingerprint density at radius 3 is 1.12 bits per heavy atom. The second-order valence-electron chi connectivity index (χ2n) is 10.3. The zero-order valence-electron chi connectivity index (χ0n) is 24.6. The molecule has 4 amide bonds. The molecule has 0 atom stereocenters. The topological polar surface area (TPSA) is 171 Å². The number of benzene rings is 4. The lowest BCUT2D eigenvalue weighted by Crippen LogP contribution is -2.33. The fraction of sp³-hybridized carbons (Fsp3) is 0.0667. The van der Waals surface area contributed by atoms with Crippen LogP contribution in [-0.4, -0.2) is 50.6 Å². The van der Waals surface area contributed by atoms with Crippen LogP contribution in [0.1, 0.15) is 52.6 Å². The SMILES string of the molecule is O=C1c2ccc(Oc3ccc4c(c3C(F)(F)F)C(=O)N(OS(=O)(=O)c3ccccc3)C4=O)c(C(F)(F)F)c2C(=O)N1OS(=O)(=O)c1ccccc1. The largest absolute Gasteiger partial charge is 0.456 e. The van der Waals surface area contributed by atoms with Gasteiger partial charge in [0.25, 0.3) is 23.6 Å². The summed E-state index contributed by atoms with van der Waals surface area (Å²) < 4.78 is 152. The molecule has 13 nitrogen and oxygen atoms in total. The molecule has 0 fully saturated rings. The molecule has 0 bridgehead atoms.